The van der Waals surface area contributed by atoms with Crippen LogP contribution in [0.2, 0.25) is 0 Å². The van der Waals surface area contributed by atoms with Gasteiger partial charge in [-0.15, -0.1) is 0 Å². The molecule has 102 valence electrons. The first-order valence-electron chi connectivity index (χ1n) is 6.73. The minimum atomic E-state index is -0.0369. The second-order valence-electron chi connectivity index (χ2n) is 5.52. The van der Waals surface area contributed by atoms with Gasteiger partial charge in [0.05, 0.1) is 18.8 Å². The molecule has 0 saturated carbocycles. The van der Waals surface area contributed by atoms with Gasteiger partial charge in [-0.1, -0.05) is 24.0 Å². The smallest absolute Gasteiger partial charge is 0.0753 e. The third kappa shape index (κ3) is 4.36. The monoisotopic (exact) mass is 258 g/mol. The number of benzene rings is 1. The van der Waals surface area contributed by atoms with E-state index in [1.807, 2.05) is 0 Å². The minimum absolute atomic E-state index is 0.0369. The number of nitrogens with zero attached hydrogens (tertiary/aromatic N) is 1. The Bertz CT molecular complexity index is 468. The highest BCUT2D eigenvalue weighted by Crippen LogP contribution is 2.18. The highest BCUT2D eigenvalue weighted by molar-refractivity contribution is 5.36. The summed E-state index contributed by atoms with van der Waals surface area (Å²) in [6.07, 6.45) is 0. The first kappa shape index (κ1) is 14.1. The fourth-order valence-electron chi connectivity index (χ4n) is 2.35. The molecule has 1 aromatic carbocycles. The van der Waals surface area contributed by atoms with Crippen molar-refractivity contribution in [3.8, 4) is 11.8 Å². The third-order valence-corrected chi connectivity index (χ3v) is 3.20. The number of morpholine rings is 1. The fraction of sp³-hybridized carbons (Fsp3) is 0.500. The van der Waals surface area contributed by atoms with E-state index < -0.39 is 0 Å². The van der Waals surface area contributed by atoms with Crippen molar-refractivity contribution in [2.45, 2.75) is 26.0 Å². The van der Waals surface area contributed by atoms with Gasteiger partial charge in [-0.05, 0) is 31.5 Å². The van der Waals surface area contributed by atoms with Gasteiger partial charge in [-0.2, -0.15) is 0 Å². The standard InChI is InChI=1S/C16H22N2O/c1-16(2)13-18(10-11-19-16)12-15-7-5-14(6-8-15)4-3-9-17/h5-8H,9-13,17H2,1-2H3. The van der Waals surface area contributed by atoms with Crippen LogP contribution in [0, 0.1) is 11.8 Å². The van der Waals surface area contributed by atoms with E-state index in [1.54, 1.807) is 0 Å². The summed E-state index contributed by atoms with van der Waals surface area (Å²) in [5.74, 6) is 5.91. The van der Waals surface area contributed by atoms with Crippen molar-refractivity contribution in [3.63, 3.8) is 0 Å². The molecular weight excluding hydrogens is 236 g/mol. The Labute approximate surface area is 115 Å². The van der Waals surface area contributed by atoms with Gasteiger partial charge in [0.15, 0.2) is 0 Å². The largest absolute Gasteiger partial charge is 0.373 e. The maximum absolute atomic E-state index is 5.72. The van der Waals surface area contributed by atoms with Gasteiger partial charge in [-0.3, -0.25) is 4.90 Å². The zero-order valence-electron chi connectivity index (χ0n) is 11.8. The molecule has 1 fully saturated rings. The first-order chi connectivity index (χ1) is 9.09. The van der Waals surface area contributed by atoms with Crippen molar-refractivity contribution < 1.29 is 4.74 Å². The Morgan fingerprint density at radius 1 is 1.32 bits per heavy atom. The van der Waals surface area contributed by atoms with Crippen molar-refractivity contribution in [2.24, 2.45) is 5.73 Å². The lowest BCUT2D eigenvalue weighted by atomic mass is 10.1. The maximum atomic E-state index is 5.72. The van der Waals surface area contributed by atoms with E-state index in [2.05, 4.69) is 54.9 Å². The second-order valence-corrected chi connectivity index (χ2v) is 5.52. The Balaban J connectivity index is 1.96. The Morgan fingerprint density at radius 2 is 2.05 bits per heavy atom. The molecule has 1 aliphatic rings. The predicted octanol–water partition coefficient (Wildman–Crippen LogP) is 1.61. The number of rotatable bonds is 2. The summed E-state index contributed by atoms with van der Waals surface area (Å²) in [4.78, 5) is 2.43. The van der Waals surface area contributed by atoms with Gasteiger partial charge in [0, 0.05) is 25.2 Å². The molecule has 0 amide bonds. The van der Waals surface area contributed by atoms with E-state index in [-0.39, 0.29) is 5.60 Å². The van der Waals surface area contributed by atoms with Crippen LogP contribution in [-0.2, 0) is 11.3 Å². The topological polar surface area (TPSA) is 38.5 Å². The lowest BCUT2D eigenvalue weighted by molar-refractivity contribution is -0.0882. The molecule has 1 aromatic rings. The molecule has 2 N–H and O–H groups in total. The average molecular weight is 258 g/mol. The molecule has 0 radical (unpaired) electrons. The van der Waals surface area contributed by atoms with Gasteiger partial charge in [0.25, 0.3) is 0 Å². The van der Waals surface area contributed by atoms with Crippen LogP contribution in [0.15, 0.2) is 24.3 Å². The molecule has 0 spiro atoms. The number of hydrogen-bond donors (Lipinski definition) is 1. The van der Waals surface area contributed by atoms with E-state index in [1.165, 1.54) is 5.56 Å². The number of nitrogens with two attached hydrogens (primary N) is 1. The van der Waals surface area contributed by atoms with Crippen molar-refractivity contribution in [1.82, 2.24) is 4.90 Å². The van der Waals surface area contributed by atoms with E-state index in [9.17, 15) is 0 Å². The average Bonchev–Trinajstić information content (AvgIpc) is 2.37. The van der Waals surface area contributed by atoms with Gasteiger partial charge in [0.1, 0.15) is 0 Å². The Hall–Kier alpha value is -1.34. The second kappa shape index (κ2) is 6.21. The summed E-state index contributed by atoms with van der Waals surface area (Å²) < 4.78 is 5.72. The van der Waals surface area contributed by atoms with Crippen LogP contribution in [0.25, 0.3) is 0 Å². The molecule has 2 rings (SSSR count). The SMILES string of the molecule is CC1(C)CN(Cc2ccc(C#CCN)cc2)CCO1. The van der Waals surface area contributed by atoms with Crippen molar-refractivity contribution in [2.75, 3.05) is 26.2 Å². The zero-order valence-corrected chi connectivity index (χ0v) is 11.8. The van der Waals surface area contributed by atoms with Crippen LogP contribution in [0.1, 0.15) is 25.0 Å². The van der Waals surface area contributed by atoms with Gasteiger partial charge in [0.2, 0.25) is 0 Å². The summed E-state index contributed by atoms with van der Waals surface area (Å²) >= 11 is 0. The lowest BCUT2D eigenvalue weighted by Crippen LogP contribution is -2.47. The van der Waals surface area contributed by atoms with Crippen LogP contribution in [-0.4, -0.2) is 36.7 Å². The molecule has 0 aromatic heterocycles. The molecule has 19 heavy (non-hydrogen) atoms. The van der Waals surface area contributed by atoms with Crippen molar-refractivity contribution >= 4 is 0 Å². The quantitative estimate of drug-likeness (QED) is 0.819. The van der Waals surface area contributed by atoms with Crippen molar-refractivity contribution in [1.29, 1.82) is 0 Å². The Kier molecular flexibility index (Phi) is 4.60. The number of ether oxygens (including phenoxy) is 1. The molecule has 0 unspecified atom stereocenters. The molecule has 0 bridgehead atoms. The summed E-state index contributed by atoms with van der Waals surface area (Å²) in [6, 6.07) is 8.40. The third-order valence-electron chi connectivity index (χ3n) is 3.20. The maximum Gasteiger partial charge on any atom is 0.0753 e. The van der Waals surface area contributed by atoms with Crippen molar-refractivity contribution in [3.05, 3.63) is 35.4 Å². The number of hydrogen-bond acceptors (Lipinski definition) is 3. The van der Waals surface area contributed by atoms with Gasteiger partial charge >= 0.3 is 0 Å². The van der Waals surface area contributed by atoms with Gasteiger partial charge in [-0.25, -0.2) is 0 Å². The summed E-state index contributed by atoms with van der Waals surface area (Å²) in [5, 5.41) is 0. The van der Waals surface area contributed by atoms with E-state index in [0.29, 0.717) is 6.54 Å². The molecule has 3 nitrogen and oxygen atoms in total. The van der Waals surface area contributed by atoms with Crippen LogP contribution >= 0.6 is 0 Å². The summed E-state index contributed by atoms with van der Waals surface area (Å²) in [6.45, 7) is 8.45. The Morgan fingerprint density at radius 3 is 2.68 bits per heavy atom. The summed E-state index contributed by atoms with van der Waals surface area (Å²) in [7, 11) is 0. The first-order valence-corrected chi connectivity index (χ1v) is 6.73. The molecule has 0 atom stereocenters. The minimum Gasteiger partial charge on any atom is -0.373 e. The van der Waals surface area contributed by atoms with E-state index in [4.69, 9.17) is 10.5 Å². The van der Waals surface area contributed by atoms with E-state index >= 15 is 0 Å². The molecule has 0 aliphatic carbocycles. The van der Waals surface area contributed by atoms with Gasteiger partial charge < -0.3 is 10.5 Å². The lowest BCUT2D eigenvalue weighted by Gasteiger charge is -2.38. The van der Waals surface area contributed by atoms with Crippen LogP contribution < -0.4 is 5.73 Å². The summed E-state index contributed by atoms with van der Waals surface area (Å²) in [5.41, 5.74) is 7.67. The fourth-order valence-corrected chi connectivity index (χ4v) is 2.35. The molecule has 1 saturated heterocycles. The highest BCUT2D eigenvalue weighted by Gasteiger charge is 2.26. The molecule has 1 heterocycles. The molecular formula is C16H22N2O. The van der Waals surface area contributed by atoms with Crippen LogP contribution in [0.3, 0.4) is 0 Å². The molecule has 3 heteroatoms. The normalized spacial score (nSPS) is 18.7. The van der Waals surface area contributed by atoms with Crippen LogP contribution in [0.4, 0.5) is 0 Å². The molecule has 1 aliphatic heterocycles. The zero-order chi connectivity index (χ0) is 13.7. The van der Waals surface area contributed by atoms with Crippen LogP contribution in [0.5, 0.6) is 0 Å². The highest BCUT2D eigenvalue weighted by atomic mass is 16.5. The predicted molar refractivity (Wildman–Crippen MR) is 77.7 cm³/mol. The van der Waals surface area contributed by atoms with E-state index in [0.717, 1.165) is 31.8 Å².